The average molecular weight is 372 g/mol. The lowest BCUT2D eigenvalue weighted by atomic mass is 10.1. The summed E-state index contributed by atoms with van der Waals surface area (Å²) in [4.78, 5) is 28.4. The largest absolute Gasteiger partial charge is 0.451 e. The molecule has 0 aromatic carbocycles. The zero-order valence-corrected chi connectivity index (χ0v) is 13.9. The fourth-order valence-electron chi connectivity index (χ4n) is 2.95. The Morgan fingerprint density at radius 3 is 2.96 bits per heavy atom. The molecule has 11 heteroatoms. The first-order valence-corrected chi connectivity index (χ1v) is 8.08. The molecular formula is C16H16N6O5. The second-order valence-electron chi connectivity index (χ2n) is 5.93. The molecule has 0 aliphatic carbocycles. The van der Waals surface area contributed by atoms with E-state index in [-0.39, 0.29) is 11.4 Å². The van der Waals surface area contributed by atoms with Crippen molar-refractivity contribution in [2.24, 2.45) is 0 Å². The maximum Gasteiger partial charge on any atom is 0.340 e. The van der Waals surface area contributed by atoms with Crippen LogP contribution in [0.2, 0.25) is 0 Å². The molecule has 4 N–H and O–H groups in total. The molecule has 0 radical (unpaired) electrons. The highest BCUT2D eigenvalue weighted by molar-refractivity contribution is 5.89. The van der Waals surface area contributed by atoms with Gasteiger partial charge in [0.1, 0.15) is 24.1 Å². The molecule has 2 unspecified atom stereocenters. The molecule has 4 heterocycles. The number of nitrogen functional groups attached to an aromatic ring is 1. The molecule has 1 aliphatic heterocycles. The number of nitrogens with two attached hydrogens (primary N) is 1. The van der Waals surface area contributed by atoms with Crippen LogP contribution in [0.1, 0.15) is 16.6 Å². The number of aromatic nitrogens is 5. The van der Waals surface area contributed by atoms with Crippen LogP contribution in [-0.2, 0) is 9.47 Å². The van der Waals surface area contributed by atoms with Crippen LogP contribution in [0.15, 0.2) is 37.2 Å². The number of fused-ring (bicyclic) bond motifs is 1. The normalized spacial score (nSPS) is 25.0. The summed E-state index contributed by atoms with van der Waals surface area (Å²) in [7, 11) is 0. The van der Waals surface area contributed by atoms with E-state index < -0.39 is 37.1 Å². The van der Waals surface area contributed by atoms with E-state index in [0.29, 0.717) is 11.2 Å². The van der Waals surface area contributed by atoms with Crippen LogP contribution >= 0.6 is 0 Å². The third-order valence-corrected chi connectivity index (χ3v) is 4.29. The number of hydrogen-bond donors (Lipinski definition) is 3. The van der Waals surface area contributed by atoms with Crippen molar-refractivity contribution < 1.29 is 24.5 Å². The van der Waals surface area contributed by atoms with E-state index in [0.717, 1.165) is 0 Å². The van der Waals surface area contributed by atoms with Crippen molar-refractivity contribution in [1.82, 2.24) is 24.5 Å². The Bertz CT molecular complexity index is 964. The molecule has 3 aromatic rings. The van der Waals surface area contributed by atoms with Crippen LogP contribution in [0.4, 0.5) is 5.82 Å². The van der Waals surface area contributed by atoms with Gasteiger partial charge in [0.2, 0.25) is 0 Å². The molecule has 1 fully saturated rings. The number of hydrogen-bond acceptors (Lipinski definition) is 10. The summed E-state index contributed by atoms with van der Waals surface area (Å²) >= 11 is 0. The zero-order valence-electron chi connectivity index (χ0n) is 13.9. The van der Waals surface area contributed by atoms with Crippen LogP contribution in [0.3, 0.4) is 0 Å². The summed E-state index contributed by atoms with van der Waals surface area (Å²) in [6.45, 7) is -0.456. The fraction of sp³-hybridized carbons (Fsp3) is 0.312. The molecule has 0 bridgehead atoms. The summed E-state index contributed by atoms with van der Waals surface area (Å²) in [6.07, 6.45) is 1.27. The van der Waals surface area contributed by atoms with Crippen LogP contribution in [0.25, 0.3) is 11.2 Å². The Balaban J connectivity index is 1.69. The summed E-state index contributed by atoms with van der Waals surface area (Å²) in [5.41, 5.74) is 6.71. The lowest BCUT2D eigenvalue weighted by Crippen LogP contribution is -2.37. The standard InChI is InChI=1S/C16H16N6O5/c17-13-10-14(20-6-19-13)22(7-21-10)15-12(11(24)9(5-23)26-15)27-16(25)8-2-1-3-18-4-8/h1-4,6-7,9,11-12,15,23-24H,5H2,(H2,17,19,20)/t9-,11?,12?,15-/m1/s1. The number of carbonyl (C=O) groups is 1. The van der Waals surface area contributed by atoms with Gasteiger partial charge in [0.15, 0.2) is 23.8 Å². The third-order valence-electron chi connectivity index (χ3n) is 4.29. The maximum atomic E-state index is 12.4. The fourth-order valence-corrected chi connectivity index (χ4v) is 2.95. The van der Waals surface area contributed by atoms with Gasteiger partial charge in [-0.3, -0.25) is 9.55 Å². The molecule has 140 valence electrons. The minimum absolute atomic E-state index is 0.180. The topological polar surface area (TPSA) is 158 Å². The van der Waals surface area contributed by atoms with Crippen LogP contribution in [0, 0.1) is 0 Å². The van der Waals surface area contributed by atoms with Crippen molar-refractivity contribution in [1.29, 1.82) is 0 Å². The molecule has 1 aliphatic rings. The van der Waals surface area contributed by atoms with Gasteiger partial charge in [0.05, 0.1) is 18.5 Å². The van der Waals surface area contributed by atoms with Crippen molar-refractivity contribution in [3.05, 3.63) is 42.7 Å². The van der Waals surface area contributed by atoms with E-state index in [1.54, 1.807) is 6.07 Å². The summed E-state index contributed by atoms with van der Waals surface area (Å²) in [6, 6.07) is 3.13. The van der Waals surface area contributed by atoms with Gasteiger partial charge in [-0.1, -0.05) is 0 Å². The number of aliphatic hydroxyl groups is 2. The van der Waals surface area contributed by atoms with Crippen LogP contribution in [-0.4, -0.2) is 65.6 Å². The first-order valence-electron chi connectivity index (χ1n) is 8.08. The molecule has 0 amide bonds. The number of esters is 1. The highest BCUT2D eigenvalue weighted by atomic mass is 16.6. The van der Waals surface area contributed by atoms with Gasteiger partial charge in [-0.15, -0.1) is 0 Å². The minimum Gasteiger partial charge on any atom is -0.451 e. The zero-order chi connectivity index (χ0) is 19.0. The number of imidazole rings is 1. The summed E-state index contributed by atoms with van der Waals surface area (Å²) in [5.74, 6) is -0.502. The third kappa shape index (κ3) is 2.97. The molecule has 0 spiro atoms. The van der Waals surface area contributed by atoms with Gasteiger partial charge in [-0.25, -0.2) is 19.7 Å². The Labute approximate surface area is 152 Å². The lowest BCUT2D eigenvalue weighted by Gasteiger charge is -2.21. The van der Waals surface area contributed by atoms with Crippen molar-refractivity contribution in [3.63, 3.8) is 0 Å². The van der Waals surface area contributed by atoms with E-state index in [2.05, 4.69) is 19.9 Å². The maximum absolute atomic E-state index is 12.4. The second kappa shape index (κ2) is 6.87. The van der Waals surface area contributed by atoms with E-state index >= 15 is 0 Å². The molecular weight excluding hydrogens is 356 g/mol. The molecule has 1 saturated heterocycles. The van der Waals surface area contributed by atoms with E-state index in [1.807, 2.05) is 0 Å². The molecule has 4 rings (SSSR count). The Hall–Kier alpha value is -3.15. The summed E-state index contributed by atoms with van der Waals surface area (Å²) < 4.78 is 12.6. The first kappa shape index (κ1) is 17.3. The number of anilines is 1. The Morgan fingerprint density at radius 1 is 1.37 bits per heavy atom. The van der Waals surface area contributed by atoms with Crippen LogP contribution < -0.4 is 5.73 Å². The molecule has 27 heavy (non-hydrogen) atoms. The number of rotatable bonds is 4. The highest BCUT2D eigenvalue weighted by Gasteiger charge is 2.47. The monoisotopic (exact) mass is 372 g/mol. The van der Waals surface area contributed by atoms with Gasteiger partial charge in [-0.2, -0.15) is 0 Å². The predicted octanol–water partition coefficient (Wildman–Crippen LogP) is -0.720. The van der Waals surface area contributed by atoms with Gasteiger partial charge in [0, 0.05) is 12.4 Å². The number of carbonyl (C=O) groups excluding carboxylic acids is 1. The van der Waals surface area contributed by atoms with Gasteiger partial charge in [0.25, 0.3) is 0 Å². The average Bonchev–Trinajstić information content (AvgIpc) is 3.25. The number of nitrogens with zero attached hydrogens (tertiary/aromatic N) is 5. The smallest absolute Gasteiger partial charge is 0.340 e. The van der Waals surface area contributed by atoms with Gasteiger partial charge >= 0.3 is 5.97 Å². The predicted molar refractivity (Wildman–Crippen MR) is 90.2 cm³/mol. The van der Waals surface area contributed by atoms with Crippen molar-refractivity contribution in [2.45, 2.75) is 24.5 Å². The number of ether oxygens (including phenoxy) is 2. The van der Waals surface area contributed by atoms with Crippen molar-refractivity contribution in [2.75, 3.05) is 12.3 Å². The van der Waals surface area contributed by atoms with E-state index in [1.165, 1.54) is 35.7 Å². The van der Waals surface area contributed by atoms with Gasteiger partial charge in [-0.05, 0) is 12.1 Å². The molecule has 3 aromatic heterocycles. The minimum atomic E-state index is -1.25. The van der Waals surface area contributed by atoms with E-state index in [9.17, 15) is 15.0 Å². The Kier molecular flexibility index (Phi) is 4.39. The van der Waals surface area contributed by atoms with Gasteiger partial charge < -0.3 is 25.4 Å². The Morgan fingerprint density at radius 2 is 2.22 bits per heavy atom. The quantitative estimate of drug-likeness (QED) is 0.499. The highest BCUT2D eigenvalue weighted by Crippen LogP contribution is 2.34. The lowest BCUT2D eigenvalue weighted by molar-refractivity contribution is -0.0564. The molecule has 11 nitrogen and oxygen atoms in total. The SMILES string of the molecule is Nc1ncnc2c1ncn2[C@@H]1O[C@H](CO)C(O)C1OC(=O)c1cccnc1. The number of aliphatic hydroxyl groups excluding tert-OH is 2. The van der Waals surface area contributed by atoms with Crippen LogP contribution in [0.5, 0.6) is 0 Å². The van der Waals surface area contributed by atoms with E-state index in [4.69, 9.17) is 15.2 Å². The molecule has 4 atom stereocenters. The molecule has 0 saturated carbocycles. The van der Waals surface area contributed by atoms with Crippen molar-refractivity contribution >= 4 is 23.0 Å². The summed E-state index contributed by atoms with van der Waals surface area (Å²) in [5, 5.41) is 19.9. The first-order chi connectivity index (χ1) is 13.1. The second-order valence-corrected chi connectivity index (χ2v) is 5.93. The van der Waals surface area contributed by atoms with Crippen molar-refractivity contribution in [3.8, 4) is 0 Å². The number of pyridine rings is 1.